The van der Waals surface area contributed by atoms with E-state index in [1.807, 2.05) is 0 Å². The zero-order chi connectivity index (χ0) is 17.3. The molecule has 1 heterocycles. The molecule has 0 spiro atoms. The van der Waals surface area contributed by atoms with Crippen molar-refractivity contribution < 1.29 is 19.6 Å². The molecule has 1 amide bonds. The number of hydrogen-bond donors (Lipinski definition) is 1. The predicted molar refractivity (Wildman–Crippen MR) is 89.3 cm³/mol. The Labute approximate surface area is 141 Å². The molecule has 1 unspecified atom stereocenters. The van der Waals surface area contributed by atoms with Crippen molar-refractivity contribution in [3.8, 4) is 5.75 Å². The molecule has 1 fully saturated rings. The van der Waals surface area contributed by atoms with Crippen molar-refractivity contribution in [1.82, 2.24) is 0 Å². The molecule has 122 valence electrons. The average Bonchev–Trinajstić information content (AvgIpc) is 2.96. The molecule has 2 aromatic rings. The Morgan fingerprint density at radius 3 is 2.58 bits per heavy atom. The molecule has 7 nitrogen and oxygen atoms in total. The summed E-state index contributed by atoms with van der Waals surface area (Å²) in [5, 5.41) is 20.1. The van der Waals surface area contributed by atoms with Crippen LogP contribution in [-0.4, -0.2) is 32.8 Å². The molecule has 1 saturated heterocycles. The van der Waals surface area contributed by atoms with Crippen molar-refractivity contribution >= 4 is 34.8 Å². The molecule has 8 heteroatoms. The number of aromatic hydroxyl groups is 1. The Hall–Kier alpha value is -2.87. The number of para-hydroxylation sites is 3. The summed E-state index contributed by atoms with van der Waals surface area (Å²) < 4.78 is 0. The molecule has 1 aliphatic rings. The first kappa shape index (κ1) is 16.0. The van der Waals surface area contributed by atoms with E-state index in [9.17, 15) is 24.8 Å². The fourth-order valence-corrected chi connectivity index (χ4v) is 3.61. The van der Waals surface area contributed by atoms with Gasteiger partial charge in [0.1, 0.15) is 16.8 Å². The van der Waals surface area contributed by atoms with Gasteiger partial charge in [0.05, 0.1) is 16.2 Å². The van der Waals surface area contributed by atoms with Crippen molar-refractivity contribution in [3.05, 3.63) is 64.2 Å². The third-order valence-corrected chi connectivity index (χ3v) is 4.75. The summed E-state index contributed by atoms with van der Waals surface area (Å²) in [6.45, 7) is 0. The van der Waals surface area contributed by atoms with E-state index in [2.05, 4.69) is 0 Å². The lowest BCUT2D eigenvalue weighted by atomic mass is 10.1. The minimum atomic E-state index is -0.952. The van der Waals surface area contributed by atoms with Gasteiger partial charge in [0.2, 0.25) is 5.91 Å². The fraction of sp³-hybridized carbons (Fsp3) is 0.125. The van der Waals surface area contributed by atoms with Gasteiger partial charge in [-0.2, -0.15) is 0 Å². The summed E-state index contributed by atoms with van der Waals surface area (Å²) >= 11 is 1.08. The number of nitro benzene ring substituents is 1. The molecule has 0 radical (unpaired) electrons. The van der Waals surface area contributed by atoms with Crippen molar-refractivity contribution in [1.29, 1.82) is 0 Å². The lowest BCUT2D eigenvalue weighted by Crippen LogP contribution is -2.38. The summed E-state index contributed by atoms with van der Waals surface area (Å²) in [6.07, 6.45) is 0. The van der Waals surface area contributed by atoms with Crippen LogP contribution in [0.2, 0.25) is 0 Å². The lowest BCUT2D eigenvalue weighted by molar-refractivity contribution is -0.384. The van der Waals surface area contributed by atoms with Crippen LogP contribution in [0.5, 0.6) is 5.75 Å². The van der Waals surface area contributed by atoms with Crippen LogP contribution in [0.15, 0.2) is 48.5 Å². The van der Waals surface area contributed by atoms with Crippen LogP contribution in [0.1, 0.15) is 10.4 Å². The topological polar surface area (TPSA) is 101 Å². The second-order valence-corrected chi connectivity index (χ2v) is 6.12. The Morgan fingerprint density at radius 2 is 1.88 bits per heavy atom. The number of carbonyl (C=O) groups excluding carboxylic acids is 2. The van der Waals surface area contributed by atoms with Gasteiger partial charge in [0.25, 0.3) is 5.69 Å². The Bertz CT molecular complexity index is 839. The highest BCUT2D eigenvalue weighted by Gasteiger charge is 2.41. The molecule has 0 bridgehead atoms. The lowest BCUT2D eigenvalue weighted by Gasteiger charge is -2.22. The number of phenols is 1. The van der Waals surface area contributed by atoms with Gasteiger partial charge in [-0.3, -0.25) is 24.6 Å². The van der Waals surface area contributed by atoms with Gasteiger partial charge < -0.3 is 5.11 Å². The zero-order valence-corrected chi connectivity index (χ0v) is 13.1. The Morgan fingerprint density at radius 1 is 1.21 bits per heavy atom. The van der Waals surface area contributed by atoms with E-state index >= 15 is 0 Å². The number of rotatable bonds is 4. The molecule has 1 N–H and O–H groups in total. The number of anilines is 1. The number of nitro groups is 1. The van der Waals surface area contributed by atoms with Gasteiger partial charge in [0, 0.05) is 6.07 Å². The quantitative estimate of drug-likeness (QED) is 0.520. The Balaban J connectivity index is 2.04. The van der Waals surface area contributed by atoms with Gasteiger partial charge in [-0.25, -0.2) is 0 Å². The highest BCUT2D eigenvalue weighted by molar-refractivity contribution is 8.02. The molecule has 24 heavy (non-hydrogen) atoms. The Kier molecular flexibility index (Phi) is 4.22. The fourth-order valence-electron chi connectivity index (χ4n) is 2.52. The highest BCUT2D eigenvalue weighted by Crippen LogP contribution is 2.38. The predicted octanol–water partition coefficient (Wildman–Crippen LogP) is 2.59. The summed E-state index contributed by atoms with van der Waals surface area (Å²) in [6, 6.07) is 11.8. The number of Topliss-reactive ketones (excluding diaryl/α,β-unsaturated/α-hetero) is 1. The molecular formula is C16H12N2O5S. The van der Waals surface area contributed by atoms with Crippen LogP contribution >= 0.6 is 11.8 Å². The smallest absolute Gasteiger partial charge is 0.293 e. The molecule has 1 atom stereocenters. The van der Waals surface area contributed by atoms with Gasteiger partial charge in [0.15, 0.2) is 5.78 Å². The van der Waals surface area contributed by atoms with Gasteiger partial charge >= 0.3 is 0 Å². The van der Waals surface area contributed by atoms with Crippen LogP contribution in [0, 0.1) is 10.1 Å². The highest BCUT2D eigenvalue weighted by atomic mass is 32.2. The average molecular weight is 344 g/mol. The third-order valence-electron chi connectivity index (χ3n) is 3.60. The second-order valence-electron chi connectivity index (χ2n) is 5.05. The van der Waals surface area contributed by atoms with Crippen molar-refractivity contribution in [2.24, 2.45) is 0 Å². The van der Waals surface area contributed by atoms with Crippen LogP contribution < -0.4 is 4.90 Å². The maximum Gasteiger partial charge on any atom is 0.293 e. The SMILES string of the molecule is O=C(c1ccccc1O)C1SCC(=O)N1c1ccccc1[N+](=O)[O-]. The van der Waals surface area contributed by atoms with Crippen LogP contribution in [-0.2, 0) is 4.79 Å². The molecule has 0 aromatic heterocycles. The van der Waals surface area contributed by atoms with Crippen molar-refractivity contribution in [2.45, 2.75) is 5.37 Å². The minimum Gasteiger partial charge on any atom is -0.507 e. The van der Waals surface area contributed by atoms with Crippen molar-refractivity contribution in [2.75, 3.05) is 10.7 Å². The summed E-state index contributed by atoms with van der Waals surface area (Å²) in [4.78, 5) is 36.8. The number of thioether (sulfide) groups is 1. The van der Waals surface area contributed by atoms with Gasteiger partial charge in [-0.05, 0) is 18.2 Å². The summed E-state index contributed by atoms with van der Waals surface area (Å²) in [5.41, 5.74) is -0.0945. The molecule has 0 aliphatic carbocycles. The molecule has 1 aliphatic heterocycles. The number of nitrogens with zero attached hydrogens (tertiary/aromatic N) is 2. The summed E-state index contributed by atoms with van der Waals surface area (Å²) in [7, 11) is 0. The van der Waals surface area contributed by atoms with Crippen LogP contribution in [0.3, 0.4) is 0 Å². The van der Waals surface area contributed by atoms with Gasteiger partial charge in [-0.1, -0.05) is 24.3 Å². The molecule has 2 aromatic carbocycles. The van der Waals surface area contributed by atoms with E-state index in [0.717, 1.165) is 16.7 Å². The number of amides is 1. The van der Waals surface area contributed by atoms with E-state index in [0.29, 0.717) is 0 Å². The van der Waals surface area contributed by atoms with Gasteiger partial charge in [-0.15, -0.1) is 11.8 Å². The number of ketones is 1. The molecule has 0 saturated carbocycles. The first-order valence-corrected chi connectivity index (χ1v) is 8.05. The van der Waals surface area contributed by atoms with Crippen LogP contribution in [0.25, 0.3) is 0 Å². The summed E-state index contributed by atoms with van der Waals surface area (Å²) in [5.74, 6) is -1.01. The van der Waals surface area contributed by atoms with E-state index in [1.54, 1.807) is 18.2 Å². The first-order valence-electron chi connectivity index (χ1n) is 7.00. The maximum atomic E-state index is 12.7. The van der Waals surface area contributed by atoms with E-state index in [4.69, 9.17) is 0 Å². The number of hydrogen-bond acceptors (Lipinski definition) is 6. The first-order chi connectivity index (χ1) is 11.5. The normalized spacial score (nSPS) is 17.1. The van der Waals surface area contributed by atoms with E-state index in [1.165, 1.54) is 30.3 Å². The molecular weight excluding hydrogens is 332 g/mol. The second kappa shape index (κ2) is 6.32. The number of benzene rings is 2. The largest absolute Gasteiger partial charge is 0.507 e. The van der Waals surface area contributed by atoms with E-state index < -0.39 is 16.1 Å². The van der Waals surface area contributed by atoms with E-state index in [-0.39, 0.29) is 34.3 Å². The number of carbonyl (C=O) groups is 2. The maximum absolute atomic E-state index is 12.7. The monoisotopic (exact) mass is 344 g/mol. The number of phenolic OH excluding ortho intramolecular Hbond substituents is 1. The minimum absolute atomic E-state index is 0.0377. The van der Waals surface area contributed by atoms with Crippen LogP contribution in [0.4, 0.5) is 11.4 Å². The molecule has 3 rings (SSSR count). The van der Waals surface area contributed by atoms with Crippen molar-refractivity contribution in [3.63, 3.8) is 0 Å². The standard InChI is InChI=1S/C16H12N2O5S/c19-13-8-4-1-5-10(13)15(21)16-17(14(20)9-24-16)11-6-2-3-7-12(11)18(22)23/h1-8,16,19H,9H2. The third kappa shape index (κ3) is 2.71. The zero-order valence-electron chi connectivity index (χ0n) is 12.3.